The highest BCUT2D eigenvalue weighted by Crippen LogP contribution is 2.45. The van der Waals surface area contributed by atoms with Gasteiger partial charge in [0.15, 0.2) is 11.5 Å². The number of hydrogen-bond donors (Lipinski definition) is 1. The molecule has 4 aromatic rings. The summed E-state index contributed by atoms with van der Waals surface area (Å²) in [6.07, 6.45) is -0.978. The predicted molar refractivity (Wildman–Crippen MR) is 119 cm³/mol. The van der Waals surface area contributed by atoms with E-state index in [1.54, 1.807) is 6.07 Å². The Hall–Kier alpha value is -4.00. The van der Waals surface area contributed by atoms with Gasteiger partial charge in [-0.25, -0.2) is 4.79 Å². The van der Waals surface area contributed by atoms with Crippen molar-refractivity contribution >= 4 is 33.7 Å². The zero-order valence-corrected chi connectivity index (χ0v) is 17.8. The monoisotopic (exact) mass is 431 g/mol. The molecule has 1 aromatic heterocycles. The summed E-state index contributed by atoms with van der Waals surface area (Å²) in [6, 6.07) is 16.7. The number of hydrogen-bond acceptors (Lipinski definition) is 5. The van der Waals surface area contributed by atoms with Crippen molar-refractivity contribution in [2.24, 2.45) is 7.05 Å². The van der Waals surface area contributed by atoms with Crippen LogP contribution >= 0.6 is 0 Å². The Morgan fingerprint density at radius 2 is 1.66 bits per heavy atom. The highest BCUT2D eigenvalue weighted by Gasteiger charge is 2.42. The summed E-state index contributed by atoms with van der Waals surface area (Å²) in [6.45, 7) is 0. The number of carboxylic acid groups (broad SMARTS) is 1. The number of aryl methyl sites for hydroxylation is 1. The van der Waals surface area contributed by atoms with Crippen LogP contribution < -0.4 is 9.47 Å². The molecular weight excluding hydrogens is 410 g/mol. The van der Waals surface area contributed by atoms with Crippen LogP contribution in [-0.4, -0.2) is 35.8 Å². The van der Waals surface area contributed by atoms with Crippen LogP contribution in [0.4, 0.5) is 0 Å². The third kappa shape index (κ3) is 2.81. The van der Waals surface area contributed by atoms with E-state index in [1.165, 1.54) is 20.3 Å². The molecule has 0 amide bonds. The molecule has 0 radical (unpaired) electrons. The number of nitrogens with zero attached hydrogens (tertiary/aromatic N) is 1. The van der Waals surface area contributed by atoms with Gasteiger partial charge in [0.25, 0.3) is 0 Å². The molecule has 0 fully saturated rings. The molecule has 0 spiro atoms. The van der Waals surface area contributed by atoms with E-state index in [2.05, 4.69) is 4.57 Å². The first-order chi connectivity index (χ1) is 15.4. The Morgan fingerprint density at radius 3 is 2.38 bits per heavy atom. The number of aromatic nitrogens is 1. The third-order valence-corrected chi connectivity index (χ3v) is 6.18. The van der Waals surface area contributed by atoms with Crippen molar-refractivity contribution in [1.29, 1.82) is 0 Å². The van der Waals surface area contributed by atoms with Gasteiger partial charge in [-0.3, -0.25) is 4.79 Å². The van der Waals surface area contributed by atoms with Crippen LogP contribution in [0.15, 0.2) is 54.6 Å². The lowest BCUT2D eigenvalue weighted by Crippen LogP contribution is -2.31. The summed E-state index contributed by atoms with van der Waals surface area (Å²) >= 11 is 0. The van der Waals surface area contributed by atoms with Crippen molar-refractivity contribution in [2.45, 2.75) is 12.0 Å². The lowest BCUT2D eigenvalue weighted by Gasteiger charge is -2.31. The summed E-state index contributed by atoms with van der Waals surface area (Å²) < 4.78 is 18.4. The van der Waals surface area contributed by atoms with Crippen molar-refractivity contribution in [3.8, 4) is 11.5 Å². The quantitative estimate of drug-likeness (QED) is 0.481. The Balaban J connectivity index is 1.70. The second kappa shape index (κ2) is 7.30. The molecule has 0 saturated carbocycles. The van der Waals surface area contributed by atoms with Gasteiger partial charge >= 0.3 is 11.9 Å². The molecule has 5 rings (SSSR count). The number of carbonyl (C=O) groups is 2. The molecule has 162 valence electrons. The third-order valence-electron chi connectivity index (χ3n) is 6.18. The van der Waals surface area contributed by atoms with Crippen LogP contribution in [0.1, 0.15) is 33.5 Å². The Bertz CT molecular complexity index is 1400. The van der Waals surface area contributed by atoms with Crippen LogP contribution in [0.25, 0.3) is 21.8 Å². The lowest BCUT2D eigenvalue weighted by molar-refractivity contribution is -0.142. The van der Waals surface area contributed by atoms with Crippen LogP contribution in [0, 0.1) is 0 Å². The molecule has 2 atom stereocenters. The van der Waals surface area contributed by atoms with Crippen molar-refractivity contribution in [2.75, 3.05) is 14.2 Å². The molecule has 0 unspecified atom stereocenters. The first-order valence-electron chi connectivity index (χ1n) is 10.1. The zero-order chi connectivity index (χ0) is 22.6. The molecule has 32 heavy (non-hydrogen) atoms. The van der Waals surface area contributed by atoms with Crippen LogP contribution in [0.5, 0.6) is 11.5 Å². The van der Waals surface area contributed by atoms with E-state index in [-0.39, 0.29) is 5.56 Å². The van der Waals surface area contributed by atoms with Gasteiger partial charge in [-0.15, -0.1) is 0 Å². The maximum atomic E-state index is 12.9. The molecule has 0 bridgehead atoms. The van der Waals surface area contributed by atoms with E-state index in [0.29, 0.717) is 22.6 Å². The fourth-order valence-electron chi connectivity index (χ4n) is 4.62. The van der Waals surface area contributed by atoms with Crippen molar-refractivity contribution < 1.29 is 28.9 Å². The molecule has 0 aliphatic carbocycles. The lowest BCUT2D eigenvalue weighted by atomic mass is 9.83. The fraction of sp³-hybridized carbons (Fsp3) is 0.200. The molecule has 7 heteroatoms. The molecule has 3 aromatic carbocycles. The smallest absolute Gasteiger partial charge is 0.339 e. The Morgan fingerprint density at radius 1 is 0.969 bits per heavy atom. The largest absolute Gasteiger partial charge is 0.493 e. The number of ether oxygens (including phenoxy) is 3. The number of methoxy groups -OCH3 is 2. The first kappa shape index (κ1) is 19.9. The van der Waals surface area contributed by atoms with Gasteiger partial charge in [0.05, 0.1) is 19.8 Å². The van der Waals surface area contributed by atoms with Crippen molar-refractivity contribution in [3.05, 3.63) is 71.3 Å². The second-order valence-electron chi connectivity index (χ2n) is 7.79. The van der Waals surface area contributed by atoms with Crippen LogP contribution in [0.2, 0.25) is 0 Å². The number of carbonyl (C=O) groups excluding carboxylic acids is 1. The minimum atomic E-state index is -1.09. The van der Waals surface area contributed by atoms with Gasteiger partial charge in [0.1, 0.15) is 12.0 Å². The van der Waals surface area contributed by atoms with E-state index in [4.69, 9.17) is 14.2 Å². The maximum absolute atomic E-state index is 12.9. The second-order valence-corrected chi connectivity index (χ2v) is 7.79. The Labute approximate surface area is 183 Å². The minimum Gasteiger partial charge on any atom is -0.493 e. The standard InChI is InChI=1S/C25H21NO6/c1-26-18-7-5-4-6-14(18)15-10-13(8-9-19(15)26)23-22(24(27)28)16-11-20(30-2)21(31-3)12-17(16)25(29)32-23/h4-12,22-23H,1-3H3,(H,27,28)/t22-,23+/m0/s1. The highest BCUT2D eigenvalue weighted by atomic mass is 16.5. The SMILES string of the molecule is COc1cc2c(cc1OC)[C@H](C(=O)O)[C@@H](c1ccc3c(c1)c1ccccc1n3C)OC2=O. The van der Waals surface area contributed by atoms with Gasteiger partial charge in [-0.05, 0) is 41.5 Å². The number of para-hydroxylation sites is 1. The minimum absolute atomic E-state index is 0.164. The Kier molecular flexibility index (Phi) is 4.55. The first-order valence-corrected chi connectivity index (χ1v) is 10.1. The molecule has 1 aliphatic heterocycles. The average Bonchev–Trinajstić information content (AvgIpc) is 3.09. The topological polar surface area (TPSA) is 87.0 Å². The normalized spacial score (nSPS) is 17.8. The average molecular weight is 431 g/mol. The predicted octanol–water partition coefficient (Wildman–Crippen LogP) is 4.43. The number of benzene rings is 3. The van der Waals surface area contributed by atoms with Crippen LogP contribution in [0.3, 0.4) is 0 Å². The molecular formula is C25H21NO6. The van der Waals surface area contributed by atoms with Crippen LogP contribution in [-0.2, 0) is 16.6 Å². The molecule has 1 N–H and O–H groups in total. The van der Waals surface area contributed by atoms with E-state index in [1.807, 2.05) is 49.5 Å². The number of cyclic esters (lactones) is 1. The van der Waals surface area contributed by atoms with E-state index >= 15 is 0 Å². The van der Waals surface area contributed by atoms with Gasteiger partial charge in [-0.2, -0.15) is 0 Å². The fourth-order valence-corrected chi connectivity index (χ4v) is 4.62. The van der Waals surface area contributed by atoms with Gasteiger partial charge in [-0.1, -0.05) is 24.3 Å². The van der Waals surface area contributed by atoms with Gasteiger partial charge in [0, 0.05) is 28.9 Å². The maximum Gasteiger partial charge on any atom is 0.339 e. The number of aliphatic carboxylic acids is 1. The highest BCUT2D eigenvalue weighted by molar-refractivity contribution is 6.08. The summed E-state index contributed by atoms with van der Waals surface area (Å²) in [4.78, 5) is 25.2. The molecule has 7 nitrogen and oxygen atoms in total. The van der Waals surface area contributed by atoms with E-state index in [9.17, 15) is 14.7 Å². The van der Waals surface area contributed by atoms with Crippen molar-refractivity contribution in [3.63, 3.8) is 0 Å². The molecule has 0 saturated heterocycles. The van der Waals surface area contributed by atoms with E-state index in [0.717, 1.165) is 21.8 Å². The number of rotatable bonds is 4. The number of carboxylic acids is 1. The molecule has 1 aliphatic rings. The van der Waals surface area contributed by atoms with Gasteiger partial charge in [0.2, 0.25) is 0 Å². The van der Waals surface area contributed by atoms with Gasteiger partial charge < -0.3 is 23.9 Å². The van der Waals surface area contributed by atoms with E-state index < -0.39 is 24.0 Å². The van der Waals surface area contributed by atoms with Crippen molar-refractivity contribution in [1.82, 2.24) is 4.57 Å². The summed E-state index contributed by atoms with van der Waals surface area (Å²) in [7, 11) is 4.91. The summed E-state index contributed by atoms with van der Waals surface area (Å²) in [5, 5.41) is 12.1. The number of esters is 1. The summed E-state index contributed by atoms with van der Waals surface area (Å²) in [5.74, 6) is -2.08. The molecule has 2 heterocycles. The summed E-state index contributed by atoms with van der Waals surface area (Å²) in [5.41, 5.74) is 3.20. The number of fused-ring (bicyclic) bond motifs is 4. The zero-order valence-electron chi connectivity index (χ0n) is 17.8.